The van der Waals surface area contributed by atoms with Gasteiger partial charge < -0.3 is 10.6 Å². The summed E-state index contributed by atoms with van der Waals surface area (Å²) in [5.74, 6) is 2.51. The van der Waals surface area contributed by atoms with E-state index in [4.69, 9.17) is 9.97 Å². The lowest BCUT2D eigenvalue weighted by molar-refractivity contribution is 0.466. The molecule has 2 N–H and O–H groups in total. The molecule has 0 saturated carbocycles. The van der Waals surface area contributed by atoms with Crippen LogP contribution in [0.2, 0.25) is 0 Å². The van der Waals surface area contributed by atoms with Crippen LogP contribution in [0.4, 0.5) is 17.3 Å². The number of anilines is 3. The van der Waals surface area contributed by atoms with Gasteiger partial charge in [-0.05, 0) is 45.4 Å². The highest BCUT2D eigenvalue weighted by molar-refractivity contribution is 5.61. The van der Waals surface area contributed by atoms with Gasteiger partial charge in [0.1, 0.15) is 11.6 Å². The maximum Gasteiger partial charge on any atom is 0.230 e. The van der Waals surface area contributed by atoms with Gasteiger partial charge in [-0.3, -0.25) is 0 Å². The summed E-state index contributed by atoms with van der Waals surface area (Å²) < 4.78 is 0. The Hall–Kier alpha value is -2.17. The first-order valence-corrected chi connectivity index (χ1v) is 9.42. The Labute approximate surface area is 158 Å². The van der Waals surface area contributed by atoms with Gasteiger partial charge in [0.15, 0.2) is 0 Å². The van der Waals surface area contributed by atoms with E-state index in [-0.39, 0.29) is 16.9 Å². The third-order valence-electron chi connectivity index (χ3n) is 4.30. The topological polar surface area (TPSA) is 62.7 Å². The Morgan fingerprint density at radius 2 is 1.62 bits per heavy atom. The van der Waals surface area contributed by atoms with Crippen molar-refractivity contribution in [1.82, 2.24) is 15.0 Å². The first-order valence-electron chi connectivity index (χ1n) is 9.42. The highest BCUT2D eigenvalue weighted by Crippen LogP contribution is 2.27. The van der Waals surface area contributed by atoms with Crippen LogP contribution in [0.5, 0.6) is 0 Å². The zero-order valence-electron chi connectivity index (χ0n) is 17.4. The molecular weight excluding hydrogens is 322 g/mol. The van der Waals surface area contributed by atoms with Crippen LogP contribution in [0, 0.1) is 0 Å². The van der Waals surface area contributed by atoms with Crippen molar-refractivity contribution in [3.8, 4) is 0 Å². The van der Waals surface area contributed by atoms with E-state index in [1.165, 1.54) is 0 Å². The van der Waals surface area contributed by atoms with Crippen LogP contribution in [0.1, 0.15) is 79.4 Å². The fourth-order valence-corrected chi connectivity index (χ4v) is 2.40. The molecule has 0 aliphatic heterocycles. The van der Waals surface area contributed by atoms with Gasteiger partial charge in [-0.15, -0.1) is 0 Å². The standard InChI is InChI=1S/C21H33N5/c1-9-21(7,8)18-23-17(14(2)3)24-19(25-18)22-15-11-10-12-16(13-15)26-20(4,5)6/h10-14,26H,9H2,1-8H3,(H,22,23,24,25). The molecule has 0 atom stereocenters. The maximum absolute atomic E-state index is 4.71. The molecule has 142 valence electrons. The molecule has 0 unspecified atom stereocenters. The summed E-state index contributed by atoms with van der Waals surface area (Å²) in [5.41, 5.74) is 1.95. The van der Waals surface area contributed by atoms with Crippen molar-refractivity contribution in [1.29, 1.82) is 0 Å². The molecule has 5 nitrogen and oxygen atoms in total. The van der Waals surface area contributed by atoms with Crippen LogP contribution in [-0.4, -0.2) is 20.5 Å². The second kappa shape index (κ2) is 7.60. The molecule has 1 aromatic carbocycles. The third kappa shape index (κ3) is 5.41. The van der Waals surface area contributed by atoms with E-state index >= 15 is 0 Å². The monoisotopic (exact) mass is 355 g/mol. The minimum Gasteiger partial charge on any atom is -0.380 e. The van der Waals surface area contributed by atoms with Gasteiger partial charge in [0.25, 0.3) is 0 Å². The van der Waals surface area contributed by atoms with Crippen molar-refractivity contribution >= 4 is 17.3 Å². The van der Waals surface area contributed by atoms with E-state index in [1.54, 1.807) is 0 Å². The lowest BCUT2D eigenvalue weighted by Gasteiger charge is -2.23. The molecule has 2 aromatic rings. The number of hydrogen-bond acceptors (Lipinski definition) is 5. The van der Waals surface area contributed by atoms with Gasteiger partial charge >= 0.3 is 0 Å². The lowest BCUT2D eigenvalue weighted by atomic mass is 9.89. The van der Waals surface area contributed by atoms with E-state index in [0.717, 1.165) is 29.4 Å². The molecule has 0 saturated heterocycles. The average molecular weight is 356 g/mol. The van der Waals surface area contributed by atoms with Gasteiger partial charge in [0, 0.05) is 28.2 Å². The first-order chi connectivity index (χ1) is 12.0. The summed E-state index contributed by atoms with van der Waals surface area (Å²) >= 11 is 0. The maximum atomic E-state index is 4.71. The Kier molecular flexibility index (Phi) is 5.89. The van der Waals surface area contributed by atoms with Crippen molar-refractivity contribution in [2.24, 2.45) is 0 Å². The number of aromatic nitrogens is 3. The van der Waals surface area contributed by atoms with E-state index in [9.17, 15) is 0 Å². The van der Waals surface area contributed by atoms with Crippen molar-refractivity contribution in [3.63, 3.8) is 0 Å². The van der Waals surface area contributed by atoms with E-state index in [0.29, 0.717) is 5.95 Å². The molecule has 0 amide bonds. The molecular formula is C21H33N5. The van der Waals surface area contributed by atoms with Gasteiger partial charge in [-0.2, -0.15) is 9.97 Å². The third-order valence-corrected chi connectivity index (χ3v) is 4.30. The zero-order chi connectivity index (χ0) is 19.5. The van der Waals surface area contributed by atoms with Gasteiger partial charge in [0.2, 0.25) is 5.95 Å². The number of benzene rings is 1. The molecule has 26 heavy (non-hydrogen) atoms. The fourth-order valence-electron chi connectivity index (χ4n) is 2.40. The van der Waals surface area contributed by atoms with Crippen LogP contribution in [0.15, 0.2) is 24.3 Å². The average Bonchev–Trinajstić information content (AvgIpc) is 2.53. The molecule has 0 bridgehead atoms. The molecule has 0 spiro atoms. The number of hydrogen-bond donors (Lipinski definition) is 2. The minimum atomic E-state index is -0.0847. The predicted octanol–water partition coefficient (Wildman–Crippen LogP) is 5.64. The van der Waals surface area contributed by atoms with Crippen LogP contribution < -0.4 is 10.6 Å². The zero-order valence-corrected chi connectivity index (χ0v) is 17.4. The van der Waals surface area contributed by atoms with Crippen molar-refractivity contribution in [3.05, 3.63) is 35.9 Å². The van der Waals surface area contributed by atoms with Crippen LogP contribution in [0.3, 0.4) is 0 Å². The molecule has 5 heteroatoms. The summed E-state index contributed by atoms with van der Waals surface area (Å²) in [7, 11) is 0. The molecule has 1 aromatic heterocycles. The second-order valence-electron chi connectivity index (χ2n) is 8.81. The van der Waals surface area contributed by atoms with Gasteiger partial charge in [-0.1, -0.05) is 40.7 Å². The molecule has 0 fully saturated rings. The SMILES string of the molecule is CCC(C)(C)c1nc(Nc2cccc(NC(C)(C)C)c2)nc(C(C)C)n1. The quantitative estimate of drug-likeness (QED) is 0.702. The van der Waals surface area contributed by atoms with Crippen molar-refractivity contribution < 1.29 is 0 Å². The van der Waals surface area contributed by atoms with Gasteiger partial charge in [-0.25, -0.2) is 4.98 Å². The Morgan fingerprint density at radius 3 is 2.19 bits per heavy atom. The van der Waals surface area contributed by atoms with E-state index < -0.39 is 0 Å². The second-order valence-corrected chi connectivity index (χ2v) is 8.81. The normalized spacial score (nSPS) is 12.3. The summed E-state index contributed by atoms with van der Waals surface area (Å²) in [6.45, 7) is 17.2. The summed E-state index contributed by atoms with van der Waals surface area (Å²) in [5, 5.41) is 6.85. The first kappa shape index (κ1) is 20.1. The van der Waals surface area contributed by atoms with E-state index in [1.807, 2.05) is 12.1 Å². The number of nitrogens with one attached hydrogen (secondary N) is 2. The van der Waals surface area contributed by atoms with Crippen LogP contribution in [0.25, 0.3) is 0 Å². The molecule has 0 aliphatic carbocycles. The lowest BCUT2D eigenvalue weighted by Crippen LogP contribution is -2.26. The molecule has 0 aliphatic rings. The summed E-state index contributed by atoms with van der Waals surface area (Å²) in [6, 6.07) is 8.19. The van der Waals surface area contributed by atoms with E-state index in [2.05, 4.69) is 83.1 Å². The molecule has 2 rings (SSSR count). The van der Waals surface area contributed by atoms with Crippen LogP contribution >= 0.6 is 0 Å². The largest absolute Gasteiger partial charge is 0.380 e. The number of nitrogens with zero attached hydrogens (tertiary/aromatic N) is 3. The molecule has 1 heterocycles. The van der Waals surface area contributed by atoms with Crippen molar-refractivity contribution in [2.75, 3.05) is 10.6 Å². The minimum absolute atomic E-state index is 0.00885. The summed E-state index contributed by atoms with van der Waals surface area (Å²) in [4.78, 5) is 14.0. The summed E-state index contributed by atoms with van der Waals surface area (Å²) in [6.07, 6.45) is 0.971. The van der Waals surface area contributed by atoms with Crippen LogP contribution in [-0.2, 0) is 5.41 Å². The molecule has 0 radical (unpaired) electrons. The Morgan fingerprint density at radius 1 is 0.962 bits per heavy atom. The highest BCUT2D eigenvalue weighted by Gasteiger charge is 2.24. The Balaban J connectivity index is 2.35. The smallest absolute Gasteiger partial charge is 0.230 e. The van der Waals surface area contributed by atoms with Gasteiger partial charge in [0.05, 0.1) is 0 Å². The number of rotatable bonds is 6. The Bertz CT molecular complexity index is 744. The highest BCUT2D eigenvalue weighted by atomic mass is 15.2. The van der Waals surface area contributed by atoms with Crippen molar-refractivity contribution in [2.45, 2.75) is 78.7 Å². The fraction of sp³-hybridized carbons (Fsp3) is 0.571. The predicted molar refractivity (Wildman–Crippen MR) is 110 cm³/mol.